The first-order valence-corrected chi connectivity index (χ1v) is 13.9. The predicted octanol–water partition coefficient (Wildman–Crippen LogP) is 4.07. The summed E-state index contributed by atoms with van der Waals surface area (Å²) in [7, 11) is 0. The number of hydrogen-bond acceptors (Lipinski definition) is 9. The van der Waals surface area contributed by atoms with E-state index in [4.69, 9.17) is 15.5 Å². The van der Waals surface area contributed by atoms with E-state index >= 15 is 0 Å². The SMILES string of the molecule is CCOC(=O)Nc1cc(C(N)=NCNC[C@H](C)N(CC)CC)cc(-c2cnn3ccc(-c4cccs4)nc23)n1. The van der Waals surface area contributed by atoms with E-state index < -0.39 is 6.09 Å². The van der Waals surface area contributed by atoms with Crippen molar-refractivity contribution in [3.05, 3.63) is 53.7 Å². The average Bonchev–Trinajstić information content (AvgIpc) is 3.62. The zero-order valence-electron chi connectivity index (χ0n) is 22.7. The quantitative estimate of drug-likeness (QED) is 0.137. The fourth-order valence-corrected chi connectivity index (χ4v) is 4.94. The van der Waals surface area contributed by atoms with Gasteiger partial charge >= 0.3 is 6.09 Å². The minimum Gasteiger partial charge on any atom is -0.450 e. The molecule has 4 aromatic heterocycles. The fourth-order valence-electron chi connectivity index (χ4n) is 4.25. The lowest BCUT2D eigenvalue weighted by Gasteiger charge is -2.26. The molecule has 0 aliphatic carbocycles. The van der Waals surface area contributed by atoms with Crippen molar-refractivity contribution >= 4 is 34.7 Å². The monoisotopic (exact) mass is 549 g/mol. The van der Waals surface area contributed by atoms with Crippen LogP contribution in [0, 0.1) is 0 Å². The molecule has 206 valence electrons. The van der Waals surface area contributed by atoms with Crippen LogP contribution in [0.2, 0.25) is 0 Å². The molecule has 4 aromatic rings. The molecular weight excluding hydrogens is 514 g/mol. The van der Waals surface area contributed by atoms with Crippen LogP contribution in [0.25, 0.3) is 27.5 Å². The Morgan fingerprint density at radius 2 is 2.03 bits per heavy atom. The summed E-state index contributed by atoms with van der Waals surface area (Å²) in [5, 5.41) is 12.5. The molecule has 0 radical (unpaired) electrons. The summed E-state index contributed by atoms with van der Waals surface area (Å²) in [6.45, 7) is 11.6. The number of nitrogens with zero attached hydrogens (tertiary/aromatic N) is 6. The maximum atomic E-state index is 12.2. The third-order valence-electron chi connectivity index (χ3n) is 6.28. The maximum Gasteiger partial charge on any atom is 0.412 e. The molecule has 1 atom stereocenters. The van der Waals surface area contributed by atoms with Crippen LogP contribution >= 0.6 is 11.3 Å². The zero-order chi connectivity index (χ0) is 27.8. The average molecular weight is 550 g/mol. The molecule has 4 N–H and O–H groups in total. The summed E-state index contributed by atoms with van der Waals surface area (Å²) < 4.78 is 6.74. The number of hydrogen-bond donors (Lipinski definition) is 3. The molecule has 0 aromatic carbocycles. The lowest BCUT2D eigenvalue weighted by Crippen LogP contribution is -2.40. The number of aromatic nitrogens is 4. The number of nitrogens with two attached hydrogens (primary N) is 1. The molecule has 12 heteroatoms. The van der Waals surface area contributed by atoms with Gasteiger partial charge in [-0.05, 0) is 56.6 Å². The van der Waals surface area contributed by atoms with Crippen molar-refractivity contribution in [3.63, 3.8) is 0 Å². The van der Waals surface area contributed by atoms with Crippen LogP contribution in [0.1, 0.15) is 33.3 Å². The Hall–Kier alpha value is -3.87. The van der Waals surface area contributed by atoms with Crippen molar-refractivity contribution in [3.8, 4) is 21.8 Å². The van der Waals surface area contributed by atoms with Gasteiger partial charge in [-0.15, -0.1) is 11.3 Å². The number of carbonyl (C=O) groups is 1. The Labute approximate surface area is 232 Å². The fraction of sp³-hybridized carbons (Fsp3) is 0.370. The van der Waals surface area contributed by atoms with Crippen LogP contribution in [-0.2, 0) is 4.74 Å². The minimum atomic E-state index is -0.603. The zero-order valence-corrected chi connectivity index (χ0v) is 23.5. The van der Waals surface area contributed by atoms with Crippen LogP contribution in [0.5, 0.6) is 0 Å². The highest BCUT2D eigenvalue weighted by Crippen LogP contribution is 2.28. The highest BCUT2D eigenvalue weighted by Gasteiger charge is 2.16. The van der Waals surface area contributed by atoms with Gasteiger partial charge in [0.2, 0.25) is 0 Å². The highest BCUT2D eigenvalue weighted by atomic mass is 32.1. The van der Waals surface area contributed by atoms with Crippen LogP contribution in [0.15, 0.2) is 53.1 Å². The molecule has 4 rings (SSSR count). The molecule has 4 heterocycles. The second-order valence-electron chi connectivity index (χ2n) is 8.81. The number of amidine groups is 1. The van der Waals surface area contributed by atoms with E-state index in [0.29, 0.717) is 41.0 Å². The van der Waals surface area contributed by atoms with E-state index in [1.807, 2.05) is 35.8 Å². The molecule has 0 fully saturated rings. The number of likely N-dealkylation sites (N-methyl/N-ethyl adjacent to an activating group) is 1. The summed E-state index contributed by atoms with van der Waals surface area (Å²) in [5.74, 6) is 0.605. The second kappa shape index (κ2) is 13.3. The van der Waals surface area contributed by atoms with Gasteiger partial charge in [0.25, 0.3) is 0 Å². The molecule has 11 nitrogen and oxygen atoms in total. The molecule has 0 aliphatic heterocycles. The van der Waals surface area contributed by atoms with Crippen molar-refractivity contribution in [2.24, 2.45) is 10.7 Å². The van der Waals surface area contributed by atoms with Gasteiger partial charge in [-0.1, -0.05) is 19.9 Å². The number of nitrogens with one attached hydrogen (secondary N) is 2. The van der Waals surface area contributed by atoms with E-state index in [2.05, 4.69) is 51.4 Å². The van der Waals surface area contributed by atoms with E-state index in [-0.39, 0.29) is 12.4 Å². The first-order valence-electron chi connectivity index (χ1n) is 13.0. The van der Waals surface area contributed by atoms with Crippen LogP contribution in [0.4, 0.5) is 10.6 Å². The largest absolute Gasteiger partial charge is 0.450 e. The lowest BCUT2D eigenvalue weighted by atomic mass is 10.1. The lowest BCUT2D eigenvalue weighted by molar-refractivity contribution is 0.168. The van der Waals surface area contributed by atoms with E-state index in [1.165, 1.54) is 0 Å². The number of rotatable bonds is 12. The first-order chi connectivity index (χ1) is 18.9. The predicted molar refractivity (Wildman–Crippen MR) is 156 cm³/mol. The summed E-state index contributed by atoms with van der Waals surface area (Å²) in [6.07, 6.45) is 2.96. The van der Waals surface area contributed by atoms with Crippen molar-refractivity contribution in [1.29, 1.82) is 0 Å². The Bertz CT molecular complexity index is 1410. The summed E-state index contributed by atoms with van der Waals surface area (Å²) in [5.41, 5.74) is 9.73. The number of aliphatic imine (C=N–C) groups is 1. The first kappa shape index (κ1) is 28.1. The molecule has 0 aliphatic rings. The van der Waals surface area contributed by atoms with Crippen molar-refractivity contribution in [2.75, 3.05) is 38.2 Å². The van der Waals surface area contributed by atoms with Gasteiger partial charge in [0.15, 0.2) is 5.65 Å². The number of thiophene rings is 1. The van der Waals surface area contributed by atoms with E-state index in [1.54, 1.807) is 35.0 Å². The van der Waals surface area contributed by atoms with Gasteiger partial charge < -0.3 is 10.5 Å². The molecule has 0 saturated heterocycles. The molecular formula is C27H35N9O2S. The van der Waals surface area contributed by atoms with Gasteiger partial charge in [-0.2, -0.15) is 5.10 Å². The normalized spacial score (nSPS) is 12.7. The molecule has 0 unspecified atom stereocenters. The van der Waals surface area contributed by atoms with Gasteiger partial charge in [0.1, 0.15) is 11.7 Å². The van der Waals surface area contributed by atoms with Gasteiger partial charge in [-0.3, -0.25) is 20.5 Å². The van der Waals surface area contributed by atoms with Crippen LogP contribution in [0.3, 0.4) is 0 Å². The molecule has 39 heavy (non-hydrogen) atoms. The van der Waals surface area contributed by atoms with Crippen molar-refractivity contribution in [2.45, 2.75) is 33.7 Å². The highest BCUT2D eigenvalue weighted by molar-refractivity contribution is 7.13. The minimum absolute atomic E-state index is 0.239. The number of fused-ring (bicyclic) bond motifs is 1. The summed E-state index contributed by atoms with van der Waals surface area (Å²) >= 11 is 1.61. The third-order valence-corrected chi connectivity index (χ3v) is 7.17. The number of amides is 1. The van der Waals surface area contributed by atoms with E-state index in [0.717, 1.165) is 30.2 Å². The number of pyridine rings is 1. The Balaban J connectivity index is 1.64. The van der Waals surface area contributed by atoms with Gasteiger partial charge in [0.05, 0.1) is 41.3 Å². The van der Waals surface area contributed by atoms with Gasteiger partial charge in [-0.25, -0.2) is 19.3 Å². The molecule has 1 amide bonds. The Morgan fingerprint density at radius 1 is 1.21 bits per heavy atom. The Morgan fingerprint density at radius 3 is 2.74 bits per heavy atom. The van der Waals surface area contributed by atoms with Crippen LogP contribution < -0.4 is 16.4 Å². The summed E-state index contributed by atoms with van der Waals surface area (Å²) in [6, 6.07) is 9.81. The van der Waals surface area contributed by atoms with Crippen LogP contribution in [-0.4, -0.2) is 75.4 Å². The van der Waals surface area contributed by atoms with Crippen molar-refractivity contribution < 1.29 is 9.53 Å². The summed E-state index contributed by atoms with van der Waals surface area (Å²) in [4.78, 5) is 29.6. The third kappa shape index (κ3) is 6.96. The number of ether oxygens (including phenoxy) is 1. The molecule has 0 bridgehead atoms. The number of anilines is 1. The topological polar surface area (TPSA) is 135 Å². The molecule has 0 spiro atoms. The molecule has 0 saturated carbocycles. The maximum absolute atomic E-state index is 12.2. The smallest absolute Gasteiger partial charge is 0.412 e. The van der Waals surface area contributed by atoms with Gasteiger partial charge in [0, 0.05) is 24.3 Å². The Kier molecular flexibility index (Phi) is 9.58. The van der Waals surface area contributed by atoms with Crippen molar-refractivity contribution in [1.82, 2.24) is 29.8 Å². The standard InChI is InChI=1S/C27H35N9O2S/c1-5-35(6-2)18(4)15-29-17-30-25(28)19-13-22(32-24(14-19)34-27(37)38-7-3)20-16-31-36-11-10-21(33-26(20)36)23-9-8-12-39-23/h8-14,16,18,29H,5-7,15,17H2,1-4H3,(H2,28,30)(H,32,34,37)/t18-/m0/s1. The second-order valence-corrected chi connectivity index (χ2v) is 9.76. The van der Waals surface area contributed by atoms with E-state index in [9.17, 15) is 4.79 Å². The number of carbonyl (C=O) groups excluding carboxylic acids is 1.